The predicted octanol–water partition coefficient (Wildman–Crippen LogP) is -0.0319. The summed E-state index contributed by atoms with van der Waals surface area (Å²) in [6.45, 7) is 6.43. The van der Waals surface area contributed by atoms with Crippen LogP contribution in [-0.4, -0.2) is 110 Å². The number of carboxylic acid groups (broad SMARTS) is 2. The maximum Gasteiger partial charge on any atom is 0.335 e. The lowest BCUT2D eigenvalue weighted by atomic mass is 10.1. The number of nitrogens with zero attached hydrogens (tertiary/aromatic N) is 6. The number of hydrogen-bond acceptors (Lipinski definition) is 11. The molecule has 2 unspecified atom stereocenters. The summed E-state index contributed by atoms with van der Waals surface area (Å²) >= 11 is 0. The fourth-order valence-electron chi connectivity index (χ4n) is 4.17. The highest BCUT2D eigenvalue weighted by atomic mass is 16.4. The predicted molar refractivity (Wildman–Crippen MR) is 154 cm³/mol. The molecule has 2 aromatic heterocycles. The third-order valence-corrected chi connectivity index (χ3v) is 6.36. The van der Waals surface area contributed by atoms with E-state index in [1.54, 1.807) is 0 Å². The topological polar surface area (TPSA) is 207 Å². The molecule has 0 aliphatic carbocycles. The number of likely N-dealkylation sites (N-methyl/N-ethyl adjacent to an activating group) is 1. The number of aliphatic hydroxyl groups excluding tert-OH is 2. The van der Waals surface area contributed by atoms with Gasteiger partial charge in [0, 0.05) is 56.9 Å². The summed E-state index contributed by atoms with van der Waals surface area (Å²) in [6, 6.07) is 12.4. The van der Waals surface area contributed by atoms with Gasteiger partial charge in [0.05, 0.1) is 6.54 Å². The molecule has 1 aliphatic heterocycles. The molecule has 1 aliphatic rings. The number of amides is 1. The number of benzene rings is 1. The van der Waals surface area contributed by atoms with Crippen molar-refractivity contribution in [1.29, 1.82) is 0 Å². The van der Waals surface area contributed by atoms with Gasteiger partial charge in [-0.05, 0) is 42.8 Å². The summed E-state index contributed by atoms with van der Waals surface area (Å²) in [5, 5.41) is 32.5. The molecule has 3 heterocycles. The number of anilines is 2. The van der Waals surface area contributed by atoms with Crippen LogP contribution in [0.5, 0.6) is 0 Å². The molecule has 14 nitrogen and oxygen atoms in total. The molecular weight excluding hydrogens is 546 g/mol. The van der Waals surface area contributed by atoms with Crippen LogP contribution >= 0.6 is 0 Å². The van der Waals surface area contributed by atoms with Crippen molar-refractivity contribution in [2.75, 3.05) is 49.6 Å². The van der Waals surface area contributed by atoms with E-state index in [0.717, 1.165) is 54.6 Å². The molecule has 4 rings (SSSR count). The lowest BCUT2D eigenvalue weighted by Gasteiger charge is -2.35. The van der Waals surface area contributed by atoms with Crippen LogP contribution in [0.25, 0.3) is 11.1 Å². The number of aliphatic carboxylic acids is 2. The van der Waals surface area contributed by atoms with E-state index in [1.807, 2.05) is 48.7 Å². The average molecular weight is 582 g/mol. The zero-order valence-corrected chi connectivity index (χ0v) is 23.4. The largest absolute Gasteiger partial charge is 0.479 e. The van der Waals surface area contributed by atoms with E-state index >= 15 is 0 Å². The molecule has 0 radical (unpaired) electrons. The zero-order valence-electron chi connectivity index (χ0n) is 23.4. The van der Waals surface area contributed by atoms with Crippen molar-refractivity contribution in [3.63, 3.8) is 0 Å². The average Bonchev–Trinajstić information content (AvgIpc) is 2.97. The molecule has 14 heteroatoms. The number of pyridine rings is 1. The van der Waals surface area contributed by atoms with Crippen molar-refractivity contribution in [3.05, 3.63) is 66.1 Å². The van der Waals surface area contributed by atoms with Gasteiger partial charge in [0.15, 0.2) is 12.2 Å². The minimum atomic E-state index is -2.27. The van der Waals surface area contributed by atoms with Crippen molar-refractivity contribution in [1.82, 2.24) is 19.9 Å². The molecule has 3 aromatic rings. The van der Waals surface area contributed by atoms with Crippen LogP contribution in [-0.2, 0) is 20.9 Å². The Morgan fingerprint density at radius 1 is 0.881 bits per heavy atom. The minimum Gasteiger partial charge on any atom is -0.479 e. The van der Waals surface area contributed by atoms with Crippen LogP contribution in [0, 0.1) is 6.92 Å². The third-order valence-electron chi connectivity index (χ3n) is 6.36. The van der Waals surface area contributed by atoms with Crippen molar-refractivity contribution in [3.8, 4) is 11.1 Å². The number of primary amides is 1. The first-order chi connectivity index (χ1) is 19.9. The molecule has 2 atom stereocenters. The molecule has 1 aromatic carbocycles. The molecule has 0 bridgehead atoms. The van der Waals surface area contributed by atoms with Gasteiger partial charge in [0.2, 0.25) is 11.9 Å². The van der Waals surface area contributed by atoms with E-state index < -0.39 is 24.1 Å². The Hall–Kier alpha value is -4.66. The number of rotatable bonds is 10. The zero-order chi connectivity index (χ0) is 30.8. The summed E-state index contributed by atoms with van der Waals surface area (Å²) in [4.78, 5) is 50.8. The van der Waals surface area contributed by atoms with Gasteiger partial charge in [0.25, 0.3) is 0 Å². The Balaban J connectivity index is 0.000000416. The smallest absolute Gasteiger partial charge is 0.335 e. The van der Waals surface area contributed by atoms with Crippen molar-refractivity contribution < 1.29 is 34.8 Å². The van der Waals surface area contributed by atoms with Crippen molar-refractivity contribution >= 4 is 29.6 Å². The normalized spacial score (nSPS) is 14.5. The van der Waals surface area contributed by atoms with Crippen LogP contribution < -0.4 is 15.5 Å². The number of carbonyl (C=O) groups is 3. The Morgan fingerprint density at radius 2 is 1.48 bits per heavy atom. The van der Waals surface area contributed by atoms with Gasteiger partial charge in [-0.1, -0.05) is 24.3 Å². The Labute approximate surface area is 242 Å². The molecule has 1 saturated heterocycles. The Bertz CT molecular complexity index is 1330. The van der Waals surface area contributed by atoms with E-state index in [2.05, 4.69) is 49.9 Å². The number of carbonyl (C=O) groups excluding carboxylic acids is 1. The Kier molecular flexibility index (Phi) is 11.2. The third kappa shape index (κ3) is 9.19. The second-order valence-corrected chi connectivity index (χ2v) is 9.84. The van der Waals surface area contributed by atoms with Crippen molar-refractivity contribution in [2.45, 2.75) is 25.7 Å². The molecule has 224 valence electrons. The molecule has 0 spiro atoms. The van der Waals surface area contributed by atoms with E-state index in [9.17, 15) is 14.4 Å². The summed E-state index contributed by atoms with van der Waals surface area (Å²) in [5.74, 6) is -2.09. The van der Waals surface area contributed by atoms with Crippen LogP contribution in [0.15, 0.2) is 55.0 Å². The number of aromatic nitrogens is 3. The number of hydrogen-bond donors (Lipinski definition) is 5. The molecule has 42 heavy (non-hydrogen) atoms. The monoisotopic (exact) mass is 581 g/mol. The van der Waals surface area contributed by atoms with Crippen molar-refractivity contribution in [2.24, 2.45) is 5.73 Å². The molecule has 1 amide bonds. The number of aryl methyl sites for hydroxylation is 1. The van der Waals surface area contributed by atoms with Crippen LogP contribution in [0.3, 0.4) is 0 Å². The van der Waals surface area contributed by atoms with Crippen LogP contribution in [0.2, 0.25) is 0 Å². The number of carboxylic acids is 2. The first kappa shape index (κ1) is 31.9. The molecule has 6 N–H and O–H groups in total. The number of nitrogens with two attached hydrogens (primary N) is 1. The van der Waals surface area contributed by atoms with Gasteiger partial charge in [0.1, 0.15) is 5.82 Å². The second-order valence-electron chi connectivity index (χ2n) is 9.84. The standard InChI is InChI=1S/C24H29N7O.C4H6O6/c1-18-6-7-23(26-13-18)30-8-10-31(11-9-30)24-27-14-21(15-28-24)20-5-3-4-19(12-20)16-29(2)17-22(25)32;5-1(3(7)8)2(6)4(9)10/h3-7,12-15H,8-11,16-17H2,1-2H3,(H2,25,32);1-2,5-6H,(H,7,8)(H,9,10). The maximum absolute atomic E-state index is 11.1. The first-order valence-electron chi connectivity index (χ1n) is 13.1. The van der Waals surface area contributed by atoms with Gasteiger partial charge in [-0.2, -0.15) is 0 Å². The quantitative estimate of drug-likeness (QED) is 0.213. The summed E-state index contributed by atoms with van der Waals surface area (Å²) in [6.07, 6.45) is 1.13. The fourth-order valence-corrected chi connectivity index (χ4v) is 4.17. The van der Waals surface area contributed by atoms with E-state index in [4.69, 9.17) is 26.2 Å². The highest BCUT2D eigenvalue weighted by Gasteiger charge is 2.29. The molecule has 1 fully saturated rings. The lowest BCUT2D eigenvalue weighted by Crippen LogP contribution is -2.47. The van der Waals surface area contributed by atoms with Crippen LogP contribution in [0.4, 0.5) is 11.8 Å². The maximum atomic E-state index is 11.1. The number of aliphatic hydroxyl groups is 2. The van der Waals surface area contributed by atoms with Crippen LogP contribution in [0.1, 0.15) is 11.1 Å². The SMILES string of the molecule is Cc1ccc(N2CCN(c3ncc(-c4cccc(CN(C)CC(N)=O)c4)cn3)CC2)nc1.O=C(O)C(O)C(O)C(=O)O. The molecular formula is C28H35N7O7. The van der Waals surface area contributed by atoms with Gasteiger partial charge in [-0.25, -0.2) is 24.5 Å². The minimum absolute atomic E-state index is 0.231. The first-order valence-corrected chi connectivity index (χ1v) is 13.1. The number of piperazine rings is 1. The highest BCUT2D eigenvalue weighted by Crippen LogP contribution is 2.22. The Morgan fingerprint density at radius 3 is 2.00 bits per heavy atom. The van der Waals surface area contributed by atoms with Gasteiger partial charge >= 0.3 is 11.9 Å². The van der Waals surface area contributed by atoms with E-state index in [-0.39, 0.29) is 12.5 Å². The van der Waals surface area contributed by atoms with Gasteiger partial charge in [-0.15, -0.1) is 0 Å². The van der Waals surface area contributed by atoms with Gasteiger partial charge in [-0.3, -0.25) is 9.69 Å². The molecule has 0 saturated carbocycles. The summed E-state index contributed by atoms with van der Waals surface area (Å²) in [5.41, 5.74) is 9.58. The van der Waals surface area contributed by atoms with Gasteiger partial charge < -0.3 is 36.0 Å². The highest BCUT2D eigenvalue weighted by molar-refractivity contribution is 5.83. The lowest BCUT2D eigenvalue weighted by molar-refractivity contribution is -0.165. The fraction of sp³-hybridized carbons (Fsp3) is 0.357. The van der Waals surface area contributed by atoms with E-state index in [1.165, 1.54) is 5.56 Å². The van der Waals surface area contributed by atoms with E-state index in [0.29, 0.717) is 6.54 Å². The summed E-state index contributed by atoms with van der Waals surface area (Å²) in [7, 11) is 1.88. The second kappa shape index (κ2) is 14.8. The summed E-state index contributed by atoms with van der Waals surface area (Å²) < 4.78 is 0.